The van der Waals surface area contributed by atoms with Crippen molar-refractivity contribution in [2.75, 3.05) is 32.8 Å². The third-order valence-corrected chi connectivity index (χ3v) is 6.70. The highest BCUT2D eigenvalue weighted by molar-refractivity contribution is 6.17. The summed E-state index contributed by atoms with van der Waals surface area (Å²) in [5.41, 5.74) is 0.0664. The van der Waals surface area contributed by atoms with Gasteiger partial charge in [-0.15, -0.1) is 5.92 Å². The maximum atomic E-state index is 13.2. The van der Waals surface area contributed by atoms with Crippen LogP contribution >= 0.6 is 0 Å². The Labute approximate surface area is 202 Å². The zero-order chi connectivity index (χ0) is 25.5. The van der Waals surface area contributed by atoms with Gasteiger partial charge in [0.15, 0.2) is 5.70 Å². The lowest BCUT2D eigenvalue weighted by Gasteiger charge is -2.40. The smallest absolute Gasteiger partial charge is 0.357 e. The van der Waals surface area contributed by atoms with Gasteiger partial charge in [-0.1, -0.05) is 24.1 Å². The highest BCUT2D eigenvalue weighted by Crippen LogP contribution is 2.57. The number of hydrogen-bond acceptors (Lipinski definition) is 9. The number of methoxy groups -OCH3 is 3. The Balaban J connectivity index is 2.12. The van der Waals surface area contributed by atoms with Gasteiger partial charge >= 0.3 is 17.9 Å². The van der Waals surface area contributed by atoms with E-state index in [1.54, 1.807) is 6.92 Å². The lowest BCUT2D eigenvalue weighted by molar-refractivity contribution is -0.148. The van der Waals surface area contributed by atoms with Crippen LogP contribution in [0.1, 0.15) is 25.8 Å². The van der Waals surface area contributed by atoms with Gasteiger partial charge < -0.3 is 19.1 Å². The van der Waals surface area contributed by atoms with Crippen LogP contribution < -0.4 is 4.90 Å². The molecule has 0 aromatic heterocycles. The fourth-order valence-corrected chi connectivity index (χ4v) is 5.42. The number of benzene rings is 1. The second-order valence-electron chi connectivity index (χ2n) is 8.26. The van der Waals surface area contributed by atoms with E-state index in [1.165, 1.54) is 33.2 Å². The molecule has 1 aromatic rings. The average molecular weight is 479 g/mol. The van der Waals surface area contributed by atoms with E-state index in [-0.39, 0.29) is 30.1 Å². The maximum absolute atomic E-state index is 13.2. The number of anilines is 1. The van der Waals surface area contributed by atoms with E-state index in [2.05, 4.69) is 16.8 Å². The predicted octanol–water partition coefficient (Wildman–Crippen LogP) is 0.942. The van der Waals surface area contributed by atoms with Crippen LogP contribution in [0.5, 0.6) is 0 Å². The van der Waals surface area contributed by atoms with Crippen molar-refractivity contribution in [2.45, 2.75) is 37.8 Å². The van der Waals surface area contributed by atoms with Crippen molar-refractivity contribution in [1.29, 1.82) is 0 Å². The Morgan fingerprint density at radius 1 is 1.09 bits per heavy atom. The van der Waals surface area contributed by atoms with Crippen LogP contribution in [0.3, 0.4) is 0 Å². The molecule has 0 N–H and O–H groups in total. The summed E-state index contributed by atoms with van der Waals surface area (Å²) < 4.78 is 15.0. The molecule has 3 aliphatic heterocycles. The topological polar surface area (TPSA) is 115 Å². The largest absolute Gasteiger partial charge is 0.467 e. The van der Waals surface area contributed by atoms with Crippen molar-refractivity contribution in [2.24, 2.45) is 4.99 Å². The number of carbonyl (C=O) groups is 4. The molecule has 3 heterocycles. The summed E-state index contributed by atoms with van der Waals surface area (Å²) in [5, 5.41) is 0. The van der Waals surface area contributed by atoms with Gasteiger partial charge in [-0.2, -0.15) is 0 Å². The predicted molar refractivity (Wildman–Crippen MR) is 124 cm³/mol. The number of carbonyl (C=O) groups excluding carboxylic acids is 4. The molecule has 0 bridgehead atoms. The molecule has 0 aliphatic carbocycles. The summed E-state index contributed by atoms with van der Waals surface area (Å²) in [5.74, 6) is 3.35. The summed E-state index contributed by atoms with van der Waals surface area (Å²) in [7, 11) is 3.62. The number of hydrogen-bond donors (Lipinski definition) is 0. The van der Waals surface area contributed by atoms with Gasteiger partial charge in [-0.05, 0) is 25.0 Å². The monoisotopic (exact) mass is 479 g/mol. The Morgan fingerprint density at radius 3 is 2.37 bits per heavy atom. The number of amidine groups is 1. The summed E-state index contributed by atoms with van der Waals surface area (Å²) in [6, 6.07) is 5.55. The first-order valence-electron chi connectivity index (χ1n) is 10.9. The van der Waals surface area contributed by atoms with Crippen LogP contribution in [0.15, 0.2) is 40.5 Å². The van der Waals surface area contributed by atoms with Gasteiger partial charge in [-0.25, -0.2) is 19.4 Å². The van der Waals surface area contributed by atoms with E-state index < -0.39 is 41.3 Å². The fourth-order valence-electron chi connectivity index (χ4n) is 5.42. The minimum absolute atomic E-state index is 0.0220. The summed E-state index contributed by atoms with van der Waals surface area (Å²) >= 11 is 0. The van der Waals surface area contributed by atoms with Crippen molar-refractivity contribution in [1.82, 2.24) is 4.90 Å². The fraction of sp³-hybridized carbons (Fsp3) is 0.400. The van der Waals surface area contributed by atoms with Crippen LogP contribution in [-0.2, 0) is 38.8 Å². The first-order valence-corrected chi connectivity index (χ1v) is 10.9. The van der Waals surface area contributed by atoms with Crippen molar-refractivity contribution in [3.63, 3.8) is 0 Å². The number of ether oxygens (including phenoxy) is 3. The molecule has 3 aliphatic rings. The molecule has 1 amide bonds. The molecule has 0 radical (unpaired) electrons. The number of para-hydroxylation sites is 1. The van der Waals surface area contributed by atoms with Gasteiger partial charge in [0.25, 0.3) is 0 Å². The van der Waals surface area contributed by atoms with Crippen LogP contribution in [-0.4, -0.2) is 74.5 Å². The van der Waals surface area contributed by atoms with Gasteiger partial charge in [0.2, 0.25) is 5.91 Å². The van der Waals surface area contributed by atoms with Crippen molar-refractivity contribution in [3.05, 3.63) is 41.1 Å². The lowest BCUT2D eigenvalue weighted by atomic mass is 9.69. The number of likely N-dealkylation sites (tertiary alicyclic amines) is 1. The second kappa shape index (κ2) is 8.91. The third-order valence-electron chi connectivity index (χ3n) is 6.70. The van der Waals surface area contributed by atoms with Crippen LogP contribution in [0.25, 0.3) is 0 Å². The molecule has 1 aromatic carbocycles. The maximum Gasteiger partial charge on any atom is 0.357 e. The average Bonchev–Trinajstić information content (AvgIpc) is 3.36. The molecular weight excluding hydrogens is 454 g/mol. The van der Waals surface area contributed by atoms with Gasteiger partial charge in [0.05, 0.1) is 44.9 Å². The molecule has 1 saturated heterocycles. The molecule has 1 spiro atoms. The Bertz CT molecular complexity index is 1260. The second-order valence-corrected chi connectivity index (χ2v) is 8.26. The Hall–Kier alpha value is -4.13. The molecule has 0 saturated carbocycles. The minimum Gasteiger partial charge on any atom is -0.467 e. The number of fused-ring (bicyclic) bond motifs is 1. The standard InChI is InChI=1S/C25H25N3O7/c1-6-7-12-27-16-11-9-8-10-15(16)25-13-17(21(30)33-3)28(14(2)29)24(25)26-19(23(32)35-5)18(20(25)27)22(31)34-4/h8-11,17,20H,12-13H2,1-5H3/t17?,20?,25-/m0/s1. The number of nitrogens with zero attached hydrogens (tertiary/aromatic N) is 3. The Morgan fingerprint density at radius 2 is 1.77 bits per heavy atom. The third kappa shape index (κ3) is 3.30. The first kappa shape index (κ1) is 24.0. The first-order chi connectivity index (χ1) is 16.8. The number of amides is 1. The number of esters is 3. The van der Waals surface area contributed by atoms with Crippen LogP contribution in [0, 0.1) is 11.8 Å². The van der Waals surface area contributed by atoms with E-state index in [1.807, 2.05) is 29.2 Å². The summed E-state index contributed by atoms with van der Waals surface area (Å²) in [6.07, 6.45) is 0.0881. The molecule has 35 heavy (non-hydrogen) atoms. The molecule has 1 fully saturated rings. The van der Waals surface area contributed by atoms with Crippen LogP contribution in [0.4, 0.5) is 5.69 Å². The molecule has 2 unspecified atom stereocenters. The SMILES string of the molecule is CC#CCN1c2ccccc2[C@]23CC(C(=O)OC)N(C(C)=O)C2=NC(C(=O)OC)=C(C(=O)OC)C13. The molecular formula is C25H25N3O7. The van der Waals surface area contributed by atoms with Crippen molar-refractivity contribution < 1.29 is 33.4 Å². The van der Waals surface area contributed by atoms with Gasteiger partial charge in [0, 0.05) is 12.6 Å². The van der Waals surface area contributed by atoms with E-state index in [0.717, 1.165) is 11.3 Å². The molecule has 10 heteroatoms. The van der Waals surface area contributed by atoms with E-state index in [4.69, 9.17) is 14.2 Å². The molecule has 182 valence electrons. The number of aliphatic imine (C=N–C) groups is 1. The minimum atomic E-state index is -1.13. The van der Waals surface area contributed by atoms with Crippen LogP contribution in [0.2, 0.25) is 0 Å². The van der Waals surface area contributed by atoms with E-state index in [0.29, 0.717) is 0 Å². The van der Waals surface area contributed by atoms with Crippen molar-refractivity contribution >= 4 is 35.3 Å². The van der Waals surface area contributed by atoms with E-state index in [9.17, 15) is 19.2 Å². The molecule has 10 nitrogen and oxygen atoms in total. The highest BCUT2D eigenvalue weighted by atomic mass is 16.5. The van der Waals surface area contributed by atoms with Gasteiger partial charge in [-0.3, -0.25) is 9.69 Å². The van der Waals surface area contributed by atoms with Gasteiger partial charge in [0.1, 0.15) is 11.9 Å². The summed E-state index contributed by atoms with van der Waals surface area (Å²) in [4.78, 5) is 59.5. The highest BCUT2D eigenvalue weighted by Gasteiger charge is 2.67. The normalized spacial score (nSPS) is 23.9. The zero-order valence-electron chi connectivity index (χ0n) is 20.1. The molecule has 4 rings (SSSR count). The zero-order valence-corrected chi connectivity index (χ0v) is 20.1. The Kier molecular flexibility index (Phi) is 6.11. The number of rotatable bonds is 4. The van der Waals surface area contributed by atoms with Crippen molar-refractivity contribution in [3.8, 4) is 11.8 Å². The lowest BCUT2D eigenvalue weighted by Crippen LogP contribution is -2.55. The quantitative estimate of drug-likeness (QED) is 0.356. The molecule has 3 atom stereocenters. The van der Waals surface area contributed by atoms with E-state index >= 15 is 0 Å². The summed E-state index contributed by atoms with van der Waals surface area (Å²) in [6.45, 7) is 3.22.